The molecule has 0 unspecified atom stereocenters. The van der Waals surface area contributed by atoms with Crippen molar-refractivity contribution in [2.24, 2.45) is 0 Å². The van der Waals surface area contributed by atoms with Crippen LogP contribution >= 0.6 is 0 Å². The molecule has 21 heavy (non-hydrogen) atoms. The predicted octanol–water partition coefficient (Wildman–Crippen LogP) is 3.20. The van der Waals surface area contributed by atoms with E-state index in [2.05, 4.69) is 0 Å². The monoisotopic (exact) mass is 282 g/mol. The van der Waals surface area contributed by atoms with Crippen molar-refractivity contribution in [3.63, 3.8) is 0 Å². The van der Waals surface area contributed by atoms with E-state index in [0.29, 0.717) is 13.2 Å². The van der Waals surface area contributed by atoms with Crippen LogP contribution in [0.2, 0.25) is 0 Å². The largest absolute Gasteiger partial charge is 0.493 e. The molecule has 0 bridgehead atoms. The highest BCUT2D eigenvalue weighted by atomic mass is 16.5. The molecule has 0 fully saturated rings. The van der Waals surface area contributed by atoms with Crippen LogP contribution in [0, 0.1) is 11.3 Å². The minimum atomic E-state index is -0.261. The number of para-hydroxylation sites is 1. The van der Waals surface area contributed by atoms with Gasteiger partial charge in [-0.05, 0) is 37.6 Å². The summed E-state index contributed by atoms with van der Waals surface area (Å²) >= 11 is 0. The molecule has 0 spiro atoms. The fourth-order valence-electron chi connectivity index (χ4n) is 2.23. The van der Waals surface area contributed by atoms with Crippen molar-refractivity contribution in [3.8, 4) is 23.1 Å². The van der Waals surface area contributed by atoms with E-state index in [1.54, 1.807) is 16.7 Å². The predicted molar refractivity (Wildman–Crippen MR) is 82.3 cm³/mol. The lowest BCUT2D eigenvalue weighted by atomic mass is 10.1. The number of pyridine rings is 1. The molecular weight excluding hydrogens is 264 g/mol. The van der Waals surface area contributed by atoms with Gasteiger partial charge < -0.3 is 9.30 Å². The number of nitrogens with zero attached hydrogens (tertiary/aromatic N) is 2. The molecule has 4 heteroatoms. The summed E-state index contributed by atoms with van der Waals surface area (Å²) in [7, 11) is 0. The van der Waals surface area contributed by atoms with Crippen molar-refractivity contribution >= 4 is 0 Å². The van der Waals surface area contributed by atoms with Crippen molar-refractivity contribution in [3.05, 3.63) is 52.3 Å². The molecule has 0 amide bonds. The minimum Gasteiger partial charge on any atom is -0.493 e. The van der Waals surface area contributed by atoms with Crippen LogP contribution in [0.1, 0.15) is 25.8 Å². The molecule has 1 aromatic carbocycles. The fraction of sp³-hybridized carbons (Fsp3) is 0.294. The van der Waals surface area contributed by atoms with Crippen LogP contribution in [0.3, 0.4) is 0 Å². The normalized spacial score (nSPS) is 10.1. The number of nitriles is 1. The van der Waals surface area contributed by atoms with E-state index in [1.165, 1.54) is 0 Å². The van der Waals surface area contributed by atoms with Gasteiger partial charge in [-0.3, -0.25) is 4.79 Å². The molecule has 0 saturated carbocycles. The maximum absolute atomic E-state index is 12.3. The Morgan fingerprint density at radius 3 is 2.62 bits per heavy atom. The van der Waals surface area contributed by atoms with Crippen molar-refractivity contribution < 1.29 is 4.74 Å². The summed E-state index contributed by atoms with van der Waals surface area (Å²) in [6.07, 6.45) is 0.919. The van der Waals surface area contributed by atoms with E-state index < -0.39 is 0 Å². The van der Waals surface area contributed by atoms with E-state index in [1.807, 2.05) is 44.2 Å². The Bertz CT molecular complexity index is 726. The summed E-state index contributed by atoms with van der Waals surface area (Å²) < 4.78 is 7.36. The van der Waals surface area contributed by atoms with Gasteiger partial charge in [0, 0.05) is 12.1 Å². The molecule has 2 aromatic rings. The highest BCUT2D eigenvalue weighted by Crippen LogP contribution is 2.29. The van der Waals surface area contributed by atoms with E-state index >= 15 is 0 Å². The molecule has 4 nitrogen and oxygen atoms in total. The van der Waals surface area contributed by atoms with Crippen LogP contribution in [0.5, 0.6) is 5.75 Å². The number of ether oxygens (including phenoxy) is 1. The Hall–Kier alpha value is -2.54. The number of hydrogen-bond donors (Lipinski definition) is 0. The van der Waals surface area contributed by atoms with Gasteiger partial charge in [-0.1, -0.05) is 19.1 Å². The lowest BCUT2D eigenvalue weighted by molar-refractivity contribution is 0.318. The Kier molecular flexibility index (Phi) is 4.78. The molecule has 0 saturated heterocycles. The van der Waals surface area contributed by atoms with Crippen molar-refractivity contribution in [1.29, 1.82) is 5.26 Å². The van der Waals surface area contributed by atoms with Gasteiger partial charge in [0.1, 0.15) is 17.4 Å². The van der Waals surface area contributed by atoms with Gasteiger partial charge in [0.15, 0.2) is 0 Å². The second kappa shape index (κ2) is 6.76. The first-order valence-corrected chi connectivity index (χ1v) is 7.09. The summed E-state index contributed by atoms with van der Waals surface area (Å²) in [5, 5.41) is 8.98. The Morgan fingerprint density at radius 2 is 1.95 bits per heavy atom. The van der Waals surface area contributed by atoms with Gasteiger partial charge in [0.25, 0.3) is 5.56 Å². The van der Waals surface area contributed by atoms with Gasteiger partial charge in [-0.15, -0.1) is 0 Å². The lowest BCUT2D eigenvalue weighted by Crippen LogP contribution is -2.23. The zero-order chi connectivity index (χ0) is 15.2. The van der Waals surface area contributed by atoms with Gasteiger partial charge in [-0.2, -0.15) is 5.26 Å². The summed E-state index contributed by atoms with van der Waals surface area (Å²) in [4.78, 5) is 12.3. The summed E-state index contributed by atoms with van der Waals surface area (Å²) in [6.45, 7) is 5.07. The quantitative estimate of drug-likeness (QED) is 0.846. The van der Waals surface area contributed by atoms with Gasteiger partial charge in [0.05, 0.1) is 12.3 Å². The lowest BCUT2D eigenvalue weighted by Gasteiger charge is -2.15. The van der Waals surface area contributed by atoms with E-state index in [4.69, 9.17) is 10.00 Å². The molecule has 0 N–H and O–H groups in total. The maximum Gasteiger partial charge on any atom is 0.268 e. The molecule has 0 radical (unpaired) electrons. The van der Waals surface area contributed by atoms with Crippen LogP contribution in [-0.4, -0.2) is 11.2 Å². The van der Waals surface area contributed by atoms with Crippen molar-refractivity contribution in [2.45, 2.75) is 26.8 Å². The third-order valence-electron chi connectivity index (χ3n) is 3.24. The average Bonchev–Trinajstić information content (AvgIpc) is 2.53. The molecule has 2 rings (SSSR count). The first kappa shape index (κ1) is 14.9. The Morgan fingerprint density at radius 1 is 1.19 bits per heavy atom. The number of benzene rings is 1. The minimum absolute atomic E-state index is 0.160. The zero-order valence-corrected chi connectivity index (χ0v) is 12.3. The molecule has 1 heterocycles. The second-order valence-electron chi connectivity index (χ2n) is 4.64. The number of hydrogen-bond acceptors (Lipinski definition) is 3. The van der Waals surface area contributed by atoms with Crippen LogP contribution in [0.25, 0.3) is 11.3 Å². The fourth-order valence-corrected chi connectivity index (χ4v) is 2.23. The van der Waals surface area contributed by atoms with E-state index in [-0.39, 0.29) is 11.1 Å². The summed E-state index contributed by atoms with van der Waals surface area (Å²) in [6, 6.07) is 13.0. The van der Waals surface area contributed by atoms with E-state index in [0.717, 1.165) is 23.4 Å². The third-order valence-corrected chi connectivity index (χ3v) is 3.24. The maximum atomic E-state index is 12.3. The zero-order valence-electron chi connectivity index (χ0n) is 12.3. The highest BCUT2D eigenvalue weighted by Gasteiger charge is 2.12. The van der Waals surface area contributed by atoms with Gasteiger partial charge in [-0.25, -0.2) is 0 Å². The summed E-state index contributed by atoms with van der Waals surface area (Å²) in [5.74, 6) is 0.755. The van der Waals surface area contributed by atoms with Crippen LogP contribution in [-0.2, 0) is 6.54 Å². The molecule has 1 aromatic heterocycles. The Balaban J connectivity index is 2.60. The molecular formula is C17H18N2O2. The standard InChI is InChI=1S/C17H18N2O2/c1-3-11-21-16-8-6-5-7-14(16)15-10-9-13(12-18)17(20)19(15)4-2/h5-10H,3-4,11H2,1-2H3. The topological polar surface area (TPSA) is 55.0 Å². The van der Waals surface area contributed by atoms with Crippen molar-refractivity contribution in [2.75, 3.05) is 6.61 Å². The molecule has 0 aliphatic heterocycles. The number of rotatable bonds is 5. The highest BCUT2D eigenvalue weighted by molar-refractivity contribution is 5.68. The molecule has 0 aliphatic rings. The smallest absolute Gasteiger partial charge is 0.268 e. The van der Waals surface area contributed by atoms with Crippen LogP contribution in [0.4, 0.5) is 0 Å². The number of aromatic nitrogens is 1. The Labute approximate surface area is 124 Å². The average molecular weight is 282 g/mol. The van der Waals surface area contributed by atoms with E-state index in [9.17, 15) is 4.79 Å². The first-order valence-electron chi connectivity index (χ1n) is 7.09. The van der Waals surface area contributed by atoms with Gasteiger partial charge >= 0.3 is 0 Å². The summed E-state index contributed by atoms with van der Waals surface area (Å²) in [5.41, 5.74) is 1.54. The van der Waals surface area contributed by atoms with Crippen LogP contribution < -0.4 is 10.3 Å². The molecule has 0 aliphatic carbocycles. The SMILES string of the molecule is CCCOc1ccccc1-c1ccc(C#N)c(=O)n1CC. The van der Waals surface area contributed by atoms with Gasteiger partial charge in [0.2, 0.25) is 0 Å². The second-order valence-corrected chi connectivity index (χ2v) is 4.64. The first-order chi connectivity index (χ1) is 10.2. The molecule has 0 atom stereocenters. The van der Waals surface area contributed by atoms with Crippen molar-refractivity contribution in [1.82, 2.24) is 4.57 Å². The third kappa shape index (κ3) is 2.97. The molecule has 108 valence electrons. The van der Waals surface area contributed by atoms with Crippen LogP contribution in [0.15, 0.2) is 41.2 Å².